The Bertz CT molecular complexity index is 115. The van der Waals surface area contributed by atoms with E-state index in [9.17, 15) is 13.6 Å². The SMILES string of the molecule is COC(=O)C(F)(F)CI. The summed E-state index contributed by atoms with van der Waals surface area (Å²) in [6, 6.07) is 0. The molecule has 2 nitrogen and oxygen atoms in total. The molecule has 54 valence electrons. The zero-order chi connectivity index (χ0) is 7.49. The number of carbonyl (C=O) groups is 1. The zero-order valence-electron chi connectivity index (χ0n) is 4.66. The summed E-state index contributed by atoms with van der Waals surface area (Å²) in [5.74, 6) is -4.80. The third-order valence-corrected chi connectivity index (χ3v) is 1.61. The molecule has 0 aliphatic carbocycles. The molecule has 0 fully saturated rings. The van der Waals surface area contributed by atoms with Gasteiger partial charge < -0.3 is 4.74 Å². The third kappa shape index (κ3) is 2.42. The Morgan fingerprint density at radius 1 is 1.78 bits per heavy atom. The molecular weight excluding hydrogens is 245 g/mol. The van der Waals surface area contributed by atoms with Crippen LogP contribution in [-0.4, -0.2) is 23.4 Å². The molecule has 0 aliphatic heterocycles. The summed E-state index contributed by atoms with van der Waals surface area (Å²) in [7, 11) is 0.933. The monoisotopic (exact) mass is 250 g/mol. The topological polar surface area (TPSA) is 26.3 Å². The number of hydrogen-bond acceptors (Lipinski definition) is 2. The van der Waals surface area contributed by atoms with Gasteiger partial charge in [-0.05, 0) is 0 Å². The number of ether oxygens (including phenoxy) is 1. The molecule has 0 radical (unpaired) electrons. The lowest BCUT2D eigenvalue weighted by Crippen LogP contribution is -2.31. The molecule has 0 bridgehead atoms. The maximum absolute atomic E-state index is 12.1. The van der Waals surface area contributed by atoms with Gasteiger partial charge in [-0.15, -0.1) is 0 Å². The van der Waals surface area contributed by atoms with Gasteiger partial charge in [0.05, 0.1) is 11.5 Å². The Hall–Kier alpha value is 0.0600. The van der Waals surface area contributed by atoms with Crippen molar-refractivity contribution in [3.63, 3.8) is 0 Å². The van der Waals surface area contributed by atoms with Crippen molar-refractivity contribution in [1.29, 1.82) is 0 Å². The number of carbonyl (C=O) groups excluding carboxylic acids is 1. The number of rotatable bonds is 2. The second-order valence-electron chi connectivity index (χ2n) is 1.33. The highest BCUT2D eigenvalue weighted by atomic mass is 127. The fourth-order valence-corrected chi connectivity index (χ4v) is 0.515. The van der Waals surface area contributed by atoms with Gasteiger partial charge in [0.25, 0.3) is 0 Å². The lowest BCUT2D eigenvalue weighted by atomic mass is 10.4. The van der Waals surface area contributed by atoms with Crippen molar-refractivity contribution in [1.82, 2.24) is 0 Å². The van der Waals surface area contributed by atoms with Crippen LogP contribution in [0.15, 0.2) is 0 Å². The fourth-order valence-electron chi connectivity index (χ4n) is 0.204. The quantitative estimate of drug-likeness (QED) is 0.418. The van der Waals surface area contributed by atoms with E-state index in [-0.39, 0.29) is 0 Å². The summed E-state index contributed by atoms with van der Waals surface area (Å²) in [5, 5.41) is 0. The van der Waals surface area contributed by atoms with E-state index in [2.05, 4.69) is 4.74 Å². The highest BCUT2D eigenvalue weighted by Crippen LogP contribution is 2.17. The van der Waals surface area contributed by atoms with E-state index in [1.807, 2.05) is 0 Å². The molecule has 0 spiro atoms. The summed E-state index contributed by atoms with van der Waals surface area (Å²) in [5.41, 5.74) is 0. The van der Waals surface area contributed by atoms with Crippen LogP contribution in [0.5, 0.6) is 0 Å². The molecule has 0 rings (SSSR count). The highest BCUT2D eigenvalue weighted by molar-refractivity contribution is 14.1. The molecule has 0 N–H and O–H groups in total. The summed E-state index contributed by atoms with van der Waals surface area (Å²) < 4.78 is 27.4. The second-order valence-corrected chi connectivity index (χ2v) is 2.09. The number of alkyl halides is 3. The molecule has 0 saturated heterocycles. The fraction of sp³-hybridized carbons (Fsp3) is 0.750. The number of esters is 1. The molecule has 9 heavy (non-hydrogen) atoms. The summed E-state index contributed by atoms with van der Waals surface area (Å²) in [4.78, 5) is 10.1. The van der Waals surface area contributed by atoms with E-state index in [1.54, 1.807) is 0 Å². The molecule has 0 heterocycles. The minimum atomic E-state index is -3.32. The molecule has 0 amide bonds. The van der Waals surface area contributed by atoms with E-state index in [1.165, 1.54) is 22.6 Å². The minimum absolute atomic E-state index is 0.544. The average Bonchev–Trinajstić information content (AvgIpc) is 1.86. The minimum Gasteiger partial charge on any atom is -0.465 e. The predicted octanol–water partition coefficient (Wildman–Crippen LogP) is 1.23. The lowest BCUT2D eigenvalue weighted by molar-refractivity contribution is -0.164. The molecule has 0 aliphatic rings. The van der Waals surface area contributed by atoms with E-state index >= 15 is 0 Å². The van der Waals surface area contributed by atoms with Gasteiger partial charge in [0.1, 0.15) is 0 Å². The number of methoxy groups -OCH3 is 1. The van der Waals surface area contributed by atoms with Crippen LogP contribution in [0.2, 0.25) is 0 Å². The Morgan fingerprint density at radius 2 is 2.22 bits per heavy atom. The van der Waals surface area contributed by atoms with Crippen LogP contribution in [0.3, 0.4) is 0 Å². The molecule has 5 heteroatoms. The van der Waals surface area contributed by atoms with Gasteiger partial charge in [0.15, 0.2) is 0 Å². The van der Waals surface area contributed by atoms with Crippen LogP contribution in [0.4, 0.5) is 8.78 Å². The number of hydrogen-bond donors (Lipinski definition) is 0. The first-order chi connectivity index (χ1) is 4.04. The van der Waals surface area contributed by atoms with Gasteiger partial charge in [-0.3, -0.25) is 0 Å². The van der Waals surface area contributed by atoms with Crippen molar-refractivity contribution in [3.8, 4) is 0 Å². The standard InChI is InChI=1S/C4H5F2IO2/c1-9-3(8)4(5,6)2-7/h2H2,1H3. The molecule has 0 aromatic carbocycles. The zero-order valence-corrected chi connectivity index (χ0v) is 6.81. The highest BCUT2D eigenvalue weighted by Gasteiger charge is 2.38. The van der Waals surface area contributed by atoms with Crippen LogP contribution >= 0.6 is 22.6 Å². The van der Waals surface area contributed by atoms with Gasteiger partial charge in [-0.2, -0.15) is 8.78 Å². The van der Waals surface area contributed by atoms with Crippen LogP contribution in [0.25, 0.3) is 0 Å². The third-order valence-electron chi connectivity index (χ3n) is 0.652. The second kappa shape index (κ2) is 3.28. The van der Waals surface area contributed by atoms with E-state index < -0.39 is 16.3 Å². The van der Waals surface area contributed by atoms with Crippen molar-refractivity contribution in [3.05, 3.63) is 0 Å². The van der Waals surface area contributed by atoms with Gasteiger partial charge in [0, 0.05) is 0 Å². The Morgan fingerprint density at radius 3 is 2.33 bits per heavy atom. The molecule has 0 aromatic rings. The smallest absolute Gasteiger partial charge is 0.377 e. The van der Waals surface area contributed by atoms with E-state index in [0.29, 0.717) is 0 Å². The maximum Gasteiger partial charge on any atom is 0.377 e. The predicted molar refractivity (Wildman–Crippen MR) is 35.9 cm³/mol. The van der Waals surface area contributed by atoms with E-state index in [0.717, 1.165) is 7.11 Å². The van der Waals surface area contributed by atoms with Crippen molar-refractivity contribution in [2.45, 2.75) is 5.92 Å². The molecule has 0 atom stereocenters. The van der Waals surface area contributed by atoms with Crippen molar-refractivity contribution < 1.29 is 18.3 Å². The van der Waals surface area contributed by atoms with Crippen molar-refractivity contribution >= 4 is 28.6 Å². The summed E-state index contributed by atoms with van der Waals surface area (Å²) in [6.07, 6.45) is 0. The Balaban J connectivity index is 3.97. The first kappa shape index (κ1) is 9.06. The van der Waals surface area contributed by atoms with Crippen molar-refractivity contribution in [2.75, 3.05) is 11.5 Å². The maximum atomic E-state index is 12.1. The van der Waals surface area contributed by atoms with Crippen LogP contribution in [0, 0.1) is 0 Å². The lowest BCUT2D eigenvalue weighted by Gasteiger charge is -2.08. The van der Waals surface area contributed by atoms with Crippen LogP contribution < -0.4 is 0 Å². The number of halogens is 3. The first-order valence-corrected chi connectivity index (χ1v) is 3.59. The molecule has 0 aromatic heterocycles. The van der Waals surface area contributed by atoms with E-state index in [4.69, 9.17) is 0 Å². The first-order valence-electron chi connectivity index (χ1n) is 2.07. The molecule has 0 unspecified atom stereocenters. The Kier molecular flexibility index (Phi) is 3.31. The normalized spacial score (nSPS) is 11.1. The summed E-state index contributed by atoms with van der Waals surface area (Å²) in [6.45, 7) is 0. The van der Waals surface area contributed by atoms with Gasteiger partial charge >= 0.3 is 11.9 Å². The Labute approximate surface area is 64.7 Å². The molecule has 0 saturated carbocycles. The van der Waals surface area contributed by atoms with Gasteiger partial charge in [-0.1, -0.05) is 22.6 Å². The van der Waals surface area contributed by atoms with Gasteiger partial charge in [-0.25, -0.2) is 4.79 Å². The van der Waals surface area contributed by atoms with Crippen LogP contribution in [0.1, 0.15) is 0 Å². The summed E-state index contributed by atoms with van der Waals surface area (Å²) >= 11 is 1.42. The van der Waals surface area contributed by atoms with Gasteiger partial charge in [0.2, 0.25) is 0 Å². The van der Waals surface area contributed by atoms with Crippen LogP contribution in [-0.2, 0) is 9.53 Å². The largest absolute Gasteiger partial charge is 0.465 e. The van der Waals surface area contributed by atoms with Crippen molar-refractivity contribution in [2.24, 2.45) is 0 Å². The average molecular weight is 250 g/mol. The molecular formula is C4H5F2IO2.